The van der Waals surface area contributed by atoms with Gasteiger partial charge >= 0.3 is 21.1 Å². The second-order valence-electron chi connectivity index (χ2n) is 1.91. The molecule has 0 aliphatic rings. The predicted molar refractivity (Wildman–Crippen MR) is 35.6 cm³/mol. The van der Waals surface area contributed by atoms with Crippen LogP contribution < -0.4 is 53.7 Å². The van der Waals surface area contributed by atoms with E-state index in [2.05, 4.69) is 0 Å². The third kappa shape index (κ3) is 7.53. The number of hydrogen-bond acceptors (Lipinski definition) is 1. The first-order valence-electron chi connectivity index (χ1n) is 2.61. The molecule has 66 valence electrons. The van der Waals surface area contributed by atoms with Crippen molar-refractivity contribution in [3.63, 3.8) is 0 Å². The van der Waals surface area contributed by atoms with Crippen molar-refractivity contribution in [1.82, 2.24) is 0 Å². The van der Waals surface area contributed by atoms with Gasteiger partial charge in [0.2, 0.25) is 0 Å². The second-order valence-corrected chi connectivity index (χ2v) is 1.91. The Balaban J connectivity index is -0.000000213. The molecule has 11 heavy (non-hydrogen) atoms. The van der Waals surface area contributed by atoms with Crippen molar-refractivity contribution in [2.24, 2.45) is 0 Å². The summed E-state index contributed by atoms with van der Waals surface area (Å²) >= 11 is 0. The van der Waals surface area contributed by atoms with Crippen LogP contribution in [0.4, 0.5) is 5.69 Å². The van der Waals surface area contributed by atoms with E-state index in [-0.39, 0.29) is 69.0 Å². The molecule has 0 unspecified atom stereocenters. The Hall–Kier alpha value is 1.17. The number of halogens is 2. The minimum absolute atomic E-state index is 0. The van der Waals surface area contributed by atoms with Crippen LogP contribution in [0.15, 0.2) is 24.3 Å². The molecule has 4 heteroatoms. The Bertz CT molecular complexity index is 176. The third-order valence-electron chi connectivity index (χ3n) is 1.04. The molecule has 0 fully saturated rings. The topological polar surface area (TPSA) is 26.0 Å². The van der Waals surface area contributed by atoms with Crippen LogP contribution in [-0.2, 0) is 21.1 Å². The van der Waals surface area contributed by atoms with Crippen LogP contribution in [-0.4, -0.2) is 0 Å². The molecule has 0 aromatic heterocycles. The molecule has 2 N–H and O–H groups in total. The molecule has 0 atom stereocenters. The average Bonchev–Trinajstić information content (AvgIpc) is 1.64. The molecule has 1 aromatic rings. The van der Waals surface area contributed by atoms with Crippen molar-refractivity contribution in [2.45, 2.75) is 6.92 Å². The fraction of sp³-hybridized carbons (Fsp3) is 0.143. The van der Waals surface area contributed by atoms with E-state index in [1.54, 1.807) is 0 Å². The normalized spacial score (nSPS) is 6.64. The molecule has 1 rings (SSSR count). The number of anilines is 1. The Labute approximate surface area is 116 Å². The van der Waals surface area contributed by atoms with Gasteiger partial charge in [-0.25, -0.2) is 0 Å². The van der Waals surface area contributed by atoms with Crippen molar-refractivity contribution >= 4 is 5.69 Å². The number of hydrogen-bond donors (Lipinski definition) is 1. The zero-order valence-electron chi connectivity index (χ0n) is 5.96. The Morgan fingerprint density at radius 3 is 2.00 bits per heavy atom. The van der Waals surface area contributed by atoms with E-state index in [1.165, 1.54) is 5.56 Å². The van der Waals surface area contributed by atoms with Gasteiger partial charge in [0.1, 0.15) is 0 Å². The summed E-state index contributed by atoms with van der Waals surface area (Å²) < 4.78 is 0. The van der Waals surface area contributed by atoms with Crippen LogP contribution in [0, 0.1) is 6.92 Å². The SMILES string of the molecule is Cc1cccc(N)c1.[I-].[I-].[Pt+2]. The summed E-state index contributed by atoms with van der Waals surface area (Å²) in [7, 11) is 0. The van der Waals surface area contributed by atoms with E-state index in [0.717, 1.165) is 5.69 Å². The van der Waals surface area contributed by atoms with Gasteiger partial charge in [0, 0.05) is 5.69 Å². The van der Waals surface area contributed by atoms with Gasteiger partial charge in [-0.05, 0) is 24.6 Å². The van der Waals surface area contributed by atoms with Crippen LogP contribution in [0.1, 0.15) is 5.56 Å². The average molecular weight is 556 g/mol. The van der Waals surface area contributed by atoms with Crippen LogP contribution in [0.2, 0.25) is 0 Å². The predicted octanol–water partition coefficient (Wildman–Crippen LogP) is -4.42. The van der Waals surface area contributed by atoms with Crippen molar-refractivity contribution in [3.05, 3.63) is 29.8 Å². The number of aryl methyl sites for hydroxylation is 1. The fourth-order valence-electron chi connectivity index (χ4n) is 0.670. The summed E-state index contributed by atoms with van der Waals surface area (Å²) in [6, 6.07) is 7.80. The molecule has 0 spiro atoms. The molecule has 0 amide bonds. The Morgan fingerprint density at radius 2 is 1.73 bits per heavy atom. The van der Waals surface area contributed by atoms with Crippen molar-refractivity contribution in [1.29, 1.82) is 0 Å². The monoisotopic (exact) mass is 556 g/mol. The minimum atomic E-state index is 0. The number of nitrogens with two attached hydrogens (primary N) is 1. The fourth-order valence-corrected chi connectivity index (χ4v) is 0.670. The van der Waals surface area contributed by atoms with E-state index >= 15 is 0 Å². The molecule has 1 nitrogen and oxygen atoms in total. The summed E-state index contributed by atoms with van der Waals surface area (Å²) in [6.07, 6.45) is 0. The number of rotatable bonds is 0. The standard InChI is InChI=1S/C7H9N.2HI.Pt/c1-6-3-2-4-7(8)5-6;;;/h2-5H,8H2,1H3;2*1H;/q;;;+2/p-2. The van der Waals surface area contributed by atoms with E-state index < -0.39 is 0 Å². The summed E-state index contributed by atoms with van der Waals surface area (Å²) in [4.78, 5) is 0. The zero-order valence-corrected chi connectivity index (χ0v) is 12.5. The molecular formula is C7H9I2NPt. The van der Waals surface area contributed by atoms with Crippen LogP contribution in [0.5, 0.6) is 0 Å². The van der Waals surface area contributed by atoms with Gasteiger partial charge in [0.05, 0.1) is 0 Å². The van der Waals surface area contributed by atoms with Gasteiger partial charge < -0.3 is 53.7 Å². The summed E-state index contributed by atoms with van der Waals surface area (Å²) in [5.74, 6) is 0. The van der Waals surface area contributed by atoms with Crippen LogP contribution in [0.25, 0.3) is 0 Å². The van der Waals surface area contributed by atoms with Crippen molar-refractivity contribution in [3.8, 4) is 0 Å². The molecular weight excluding hydrogens is 547 g/mol. The van der Waals surface area contributed by atoms with Crippen molar-refractivity contribution < 1.29 is 69.0 Å². The van der Waals surface area contributed by atoms with Crippen molar-refractivity contribution in [2.75, 3.05) is 5.73 Å². The number of benzene rings is 1. The zero-order chi connectivity index (χ0) is 5.98. The second kappa shape index (κ2) is 9.26. The minimum Gasteiger partial charge on any atom is -1.00 e. The third-order valence-corrected chi connectivity index (χ3v) is 1.04. The molecule has 0 aliphatic carbocycles. The van der Waals surface area contributed by atoms with Gasteiger partial charge in [0.15, 0.2) is 0 Å². The largest absolute Gasteiger partial charge is 2.00 e. The first-order chi connectivity index (χ1) is 3.79. The molecule has 0 bridgehead atoms. The molecule has 1 aromatic carbocycles. The van der Waals surface area contributed by atoms with E-state index in [9.17, 15) is 0 Å². The van der Waals surface area contributed by atoms with Crippen LogP contribution in [0.3, 0.4) is 0 Å². The van der Waals surface area contributed by atoms with Gasteiger partial charge in [-0.3, -0.25) is 0 Å². The number of nitrogen functional groups attached to an aromatic ring is 1. The van der Waals surface area contributed by atoms with Gasteiger partial charge in [-0.1, -0.05) is 12.1 Å². The van der Waals surface area contributed by atoms with E-state index in [4.69, 9.17) is 5.73 Å². The summed E-state index contributed by atoms with van der Waals surface area (Å²) in [6.45, 7) is 2.02. The molecule has 0 aliphatic heterocycles. The van der Waals surface area contributed by atoms with Gasteiger partial charge in [-0.15, -0.1) is 0 Å². The smallest absolute Gasteiger partial charge is 1.00 e. The molecule has 0 saturated carbocycles. The van der Waals surface area contributed by atoms with Gasteiger partial charge in [-0.2, -0.15) is 0 Å². The van der Waals surface area contributed by atoms with Gasteiger partial charge in [0.25, 0.3) is 0 Å². The summed E-state index contributed by atoms with van der Waals surface area (Å²) in [5.41, 5.74) is 7.51. The maximum absolute atomic E-state index is 5.46. The summed E-state index contributed by atoms with van der Waals surface area (Å²) in [5, 5.41) is 0. The molecule has 0 saturated heterocycles. The maximum atomic E-state index is 5.46. The maximum Gasteiger partial charge on any atom is 2.00 e. The van der Waals surface area contributed by atoms with E-state index in [1.807, 2.05) is 31.2 Å². The van der Waals surface area contributed by atoms with Crippen LogP contribution >= 0.6 is 0 Å². The Morgan fingerprint density at radius 1 is 1.18 bits per heavy atom. The quantitative estimate of drug-likeness (QED) is 0.254. The molecule has 0 heterocycles. The Kier molecular flexibility index (Phi) is 15.2. The molecule has 0 radical (unpaired) electrons. The van der Waals surface area contributed by atoms with E-state index in [0.29, 0.717) is 0 Å². The first-order valence-corrected chi connectivity index (χ1v) is 2.61. The first kappa shape index (κ1) is 18.1.